The van der Waals surface area contributed by atoms with Crippen molar-refractivity contribution in [2.24, 2.45) is 18.7 Å². The monoisotopic (exact) mass is 237 g/mol. The Bertz CT molecular complexity index is 378. The van der Waals surface area contributed by atoms with Crippen molar-refractivity contribution in [2.45, 2.75) is 52.2 Å². The summed E-state index contributed by atoms with van der Waals surface area (Å²) in [6.07, 6.45) is 5.16. The molecule has 1 aliphatic rings. The largest absolute Gasteiger partial charge is 0.474 e. The molecule has 0 radical (unpaired) electrons. The molecule has 4 heteroatoms. The Hall–Kier alpha value is -1.03. The first kappa shape index (κ1) is 12.4. The first-order chi connectivity index (χ1) is 8.11. The maximum Gasteiger partial charge on any atom is 0.216 e. The molecular weight excluding hydrogens is 214 g/mol. The Morgan fingerprint density at radius 1 is 1.35 bits per heavy atom. The van der Waals surface area contributed by atoms with Gasteiger partial charge in [0.05, 0.1) is 11.3 Å². The fourth-order valence-electron chi connectivity index (χ4n) is 2.57. The molecule has 2 rings (SSSR count). The minimum Gasteiger partial charge on any atom is -0.474 e. The van der Waals surface area contributed by atoms with Crippen LogP contribution < -0.4 is 10.5 Å². The van der Waals surface area contributed by atoms with E-state index < -0.39 is 0 Å². The van der Waals surface area contributed by atoms with E-state index in [2.05, 4.69) is 12.0 Å². The van der Waals surface area contributed by atoms with Crippen LogP contribution in [0.25, 0.3) is 0 Å². The lowest BCUT2D eigenvalue weighted by atomic mass is 9.89. The number of ether oxygens (including phenoxy) is 1. The van der Waals surface area contributed by atoms with Crippen LogP contribution in [-0.4, -0.2) is 15.9 Å². The van der Waals surface area contributed by atoms with Gasteiger partial charge in [0.1, 0.15) is 6.10 Å². The van der Waals surface area contributed by atoms with Gasteiger partial charge in [0.2, 0.25) is 5.88 Å². The standard InChI is InChI=1S/C13H23N3O/c1-9-4-6-11(7-5-9)17-13-12(8-14)10(2)15-16(13)3/h9,11H,4-8,14H2,1-3H3. The highest BCUT2D eigenvalue weighted by molar-refractivity contribution is 5.30. The van der Waals surface area contributed by atoms with Crippen LogP contribution in [0.5, 0.6) is 5.88 Å². The summed E-state index contributed by atoms with van der Waals surface area (Å²) in [5.74, 6) is 1.71. The number of nitrogens with two attached hydrogens (primary N) is 1. The number of aryl methyl sites for hydroxylation is 2. The van der Waals surface area contributed by atoms with Gasteiger partial charge in [-0.15, -0.1) is 0 Å². The molecule has 1 saturated carbocycles. The average Bonchev–Trinajstić information content (AvgIpc) is 2.57. The highest BCUT2D eigenvalue weighted by atomic mass is 16.5. The lowest BCUT2D eigenvalue weighted by molar-refractivity contribution is 0.123. The fraction of sp³-hybridized carbons (Fsp3) is 0.769. The van der Waals surface area contributed by atoms with Gasteiger partial charge in [-0.1, -0.05) is 6.92 Å². The third-order valence-corrected chi connectivity index (χ3v) is 3.73. The molecule has 0 spiro atoms. The highest BCUT2D eigenvalue weighted by Gasteiger charge is 2.22. The Labute approximate surface area is 103 Å². The predicted molar refractivity (Wildman–Crippen MR) is 67.9 cm³/mol. The Morgan fingerprint density at radius 3 is 2.59 bits per heavy atom. The summed E-state index contributed by atoms with van der Waals surface area (Å²) in [6, 6.07) is 0. The molecule has 0 aromatic carbocycles. The molecule has 0 amide bonds. The first-order valence-corrected chi connectivity index (χ1v) is 6.51. The van der Waals surface area contributed by atoms with Crippen molar-refractivity contribution in [1.82, 2.24) is 9.78 Å². The molecule has 17 heavy (non-hydrogen) atoms. The second-order valence-electron chi connectivity index (χ2n) is 5.20. The smallest absolute Gasteiger partial charge is 0.216 e. The zero-order chi connectivity index (χ0) is 12.4. The van der Waals surface area contributed by atoms with Gasteiger partial charge >= 0.3 is 0 Å². The van der Waals surface area contributed by atoms with E-state index in [1.54, 1.807) is 0 Å². The molecule has 2 N–H and O–H groups in total. The maximum atomic E-state index is 6.10. The minimum absolute atomic E-state index is 0.339. The number of nitrogens with zero attached hydrogens (tertiary/aromatic N) is 2. The predicted octanol–water partition coefficient (Wildman–Crippen LogP) is 2.14. The van der Waals surface area contributed by atoms with Crippen molar-refractivity contribution in [3.63, 3.8) is 0 Å². The molecule has 0 bridgehead atoms. The van der Waals surface area contributed by atoms with E-state index >= 15 is 0 Å². The number of hydrogen-bond donors (Lipinski definition) is 1. The second-order valence-corrected chi connectivity index (χ2v) is 5.20. The van der Waals surface area contributed by atoms with E-state index in [4.69, 9.17) is 10.5 Å². The van der Waals surface area contributed by atoms with Crippen LogP contribution in [0.4, 0.5) is 0 Å². The molecule has 1 heterocycles. The van der Waals surface area contributed by atoms with Crippen molar-refractivity contribution in [3.05, 3.63) is 11.3 Å². The van der Waals surface area contributed by atoms with Gasteiger partial charge in [-0.3, -0.25) is 0 Å². The van der Waals surface area contributed by atoms with Gasteiger partial charge in [0.25, 0.3) is 0 Å². The van der Waals surface area contributed by atoms with Crippen LogP contribution in [0.2, 0.25) is 0 Å². The van der Waals surface area contributed by atoms with Crippen molar-refractivity contribution in [3.8, 4) is 5.88 Å². The van der Waals surface area contributed by atoms with Crippen molar-refractivity contribution in [2.75, 3.05) is 0 Å². The first-order valence-electron chi connectivity index (χ1n) is 6.51. The number of hydrogen-bond acceptors (Lipinski definition) is 3. The SMILES string of the molecule is Cc1nn(C)c(OC2CCC(C)CC2)c1CN. The molecule has 0 saturated heterocycles. The Morgan fingerprint density at radius 2 is 2.00 bits per heavy atom. The Balaban J connectivity index is 2.08. The topological polar surface area (TPSA) is 53.1 Å². The summed E-state index contributed by atoms with van der Waals surface area (Å²) in [6.45, 7) is 4.80. The van der Waals surface area contributed by atoms with Crippen molar-refractivity contribution in [1.29, 1.82) is 0 Å². The van der Waals surface area contributed by atoms with E-state index in [0.29, 0.717) is 12.6 Å². The van der Waals surface area contributed by atoms with Crippen molar-refractivity contribution >= 4 is 0 Å². The zero-order valence-corrected chi connectivity index (χ0v) is 11.1. The van der Waals surface area contributed by atoms with Crippen molar-refractivity contribution < 1.29 is 4.74 Å². The number of rotatable bonds is 3. The molecule has 4 nitrogen and oxygen atoms in total. The molecule has 0 unspecified atom stereocenters. The third kappa shape index (κ3) is 2.63. The fourth-order valence-corrected chi connectivity index (χ4v) is 2.57. The molecular formula is C13H23N3O. The normalized spacial score (nSPS) is 24.9. The molecule has 1 aromatic rings. The zero-order valence-electron chi connectivity index (χ0n) is 11.1. The van der Waals surface area contributed by atoms with Gasteiger partial charge in [0, 0.05) is 13.6 Å². The van der Waals surface area contributed by atoms with E-state index in [-0.39, 0.29) is 0 Å². The Kier molecular flexibility index (Phi) is 3.72. The summed E-state index contributed by atoms with van der Waals surface area (Å²) in [7, 11) is 1.92. The van der Waals surface area contributed by atoms with Crippen LogP contribution in [0.15, 0.2) is 0 Å². The van der Waals surface area contributed by atoms with Gasteiger partial charge in [-0.2, -0.15) is 5.10 Å². The van der Waals surface area contributed by atoms with E-state index in [9.17, 15) is 0 Å². The molecule has 0 aliphatic heterocycles. The van der Waals surface area contributed by atoms with Crippen LogP contribution in [0.1, 0.15) is 43.9 Å². The summed E-state index contributed by atoms with van der Waals surface area (Å²) >= 11 is 0. The van der Waals surface area contributed by atoms with E-state index in [0.717, 1.165) is 35.9 Å². The molecule has 1 fully saturated rings. The van der Waals surface area contributed by atoms with Gasteiger partial charge in [-0.05, 0) is 38.5 Å². The maximum absolute atomic E-state index is 6.10. The van der Waals surface area contributed by atoms with Gasteiger partial charge in [0.15, 0.2) is 0 Å². The summed E-state index contributed by atoms with van der Waals surface area (Å²) in [4.78, 5) is 0. The molecule has 1 aromatic heterocycles. The molecule has 96 valence electrons. The lowest BCUT2D eigenvalue weighted by Gasteiger charge is -2.27. The summed E-state index contributed by atoms with van der Waals surface area (Å²) in [5, 5.41) is 4.37. The highest BCUT2D eigenvalue weighted by Crippen LogP contribution is 2.29. The molecule has 0 atom stereocenters. The van der Waals surface area contributed by atoms with Crippen LogP contribution in [0, 0.1) is 12.8 Å². The average molecular weight is 237 g/mol. The lowest BCUT2D eigenvalue weighted by Crippen LogP contribution is -2.24. The number of aromatic nitrogens is 2. The minimum atomic E-state index is 0.339. The summed E-state index contributed by atoms with van der Waals surface area (Å²) < 4.78 is 7.91. The quantitative estimate of drug-likeness (QED) is 0.876. The van der Waals surface area contributed by atoms with Crippen LogP contribution in [-0.2, 0) is 13.6 Å². The summed E-state index contributed by atoms with van der Waals surface area (Å²) in [5.41, 5.74) is 7.79. The van der Waals surface area contributed by atoms with Gasteiger partial charge < -0.3 is 10.5 Å². The van der Waals surface area contributed by atoms with Crippen LogP contribution >= 0.6 is 0 Å². The molecule has 1 aliphatic carbocycles. The third-order valence-electron chi connectivity index (χ3n) is 3.73. The second kappa shape index (κ2) is 5.08. The van der Waals surface area contributed by atoms with E-state index in [1.807, 2.05) is 18.7 Å². The van der Waals surface area contributed by atoms with E-state index in [1.165, 1.54) is 12.8 Å². The van der Waals surface area contributed by atoms with Crippen LogP contribution in [0.3, 0.4) is 0 Å². The van der Waals surface area contributed by atoms with Gasteiger partial charge in [-0.25, -0.2) is 4.68 Å².